The van der Waals surface area contributed by atoms with Gasteiger partial charge in [0, 0.05) is 14.0 Å². The normalized spacial score (nSPS) is 48.3. The van der Waals surface area contributed by atoms with Crippen LogP contribution in [0.2, 0.25) is 0 Å². The van der Waals surface area contributed by atoms with E-state index >= 15 is 0 Å². The lowest BCUT2D eigenvalue weighted by molar-refractivity contribution is -0.406. The minimum Gasteiger partial charge on any atom is -0.394 e. The smallest absolute Gasteiger partial charge is 0.217 e. The zero-order chi connectivity index (χ0) is 20.6. The van der Waals surface area contributed by atoms with E-state index in [0.717, 1.165) is 14.0 Å². The van der Waals surface area contributed by atoms with Gasteiger partial charge in [0.1, 0.15) is 30.5 Å². The maximum atomic E-state index is 11.4. The van der Waals surface area contributed by atoms with Crippen molar-refractivity contribution in [2.45, 2.75) is 61.0 Å². The summed E-state index contributed by atoms with van der Waals surface area (Å²) < 4.78 is 15.5. The molecule has 0 spiro atoms. The van der Waals surface area contributed by atoms with Gasteiger partial charge in [-0.2, -0.15) is 0 Å². The first-order chi connectivity index (χ1) is 12.6. The Labute approximate surface area is 154 Å². The lowest BCUT2D eigenvalue weighted by Crippen LogP contribution is -2.85. The van der Waals surface area contributed by atoms with E-state index in [1.54, 1.807) is 0 Å². The molecule has 12 heteroatoms. The Morgan fingerprint density at radius 3 is 2.26 bits per heavy atom. The van der Waals surface area contributed by atoms with Crippen molar-refractivity contribution in [3.8, 4) is 0 Å². The van der Waals surface area contributed by atoms with Crippen molar-refractivity contribution in [1.29, 1.82) is 0 Å². The molecule has 2 aliphatic heterocycles. The first-order valence-electron chi connectivity index (χ1n) is 8.37. The molecular formula is C15H27NO11. The van der Waals surface area contributed by atoms with Crippen LogP contribution >= 0.6 is 0 Å². The molecule has 0 unspecified atom stereocenters. The Balaban J connectivity index is 2.53. The minimum absolute atomic E-state index is 0.305. The first kappa shape index (κ1) is 22.4. The second kappa shape index (κ2) is 8.21. The molecule has 2 heterocycles. The van der Waals surface area contributed by atoms with Gasteiger partial charge in [-0.15, -0.1) is 0 Å². The van der Waals surface area contributed by atoms with E-state index in [4.69, 9.17) is 14.2 Å². The van der Waals surface area contributed by atoms with Crippen LogP contribution in [-0.4, -0.2) is 123 Å². The minimum atomic E-state index is -2.91. The van der Waals surface area contributed by atoms with Crippen LogP contribution in [0.3, 0.4) is 0 Å². The van der Waals surface area contributed by atoms with E-state index in [1.807, 2.05) is 0 Å². The summed E-state index contributed by atoms with van der Waals surface area (Å²) >= 11 is 0. The molecule has 2 rings (SSSR count). The van der Waals surface area contributed by atoms with Crippen molar-refractivity contribution < 1.29 is 54.8 Å². The predicted octanol–water partition coefficient (Wildman–Crippen LogP) is -5.21. The van der Waals surface area contributed by atoms with Crippen molar-refractivity contribution in [1.82, 2.24) is 5.32 Å². The van der Waals surface area contributed by atoms with Gasteiger partial charge >= 0.3 is 0 Å². The van der Waals surface area contributed by atoms with Gasteiger partial charge in [-0.1, -0.05) is 0 Å². The fourth-order valence-corrected chi connectivity index (χ4v) is 3.76. The summed E-state index contributed by atoms with van der Waals surface area (Å²) in [6.07, 6.45) is -10.8. The van der Waals surface area contributed by atoms with Crippen molar-refractivity contribution in [3.05, 3.63) is 0 Å². The van der Waals surface area contributed by atoms with Crippen LogP contribution in [0.4, 0.5) is 0 Å². The predicted molar refractivity (Wildman–Crippen MR) is 85.1 cm³/mol. The third kappa shape index (κ3) is 3.35. The molecule has 0 bridgehead atoms. The number of carbonyl (C=O) groups excluding carboxylic acids is 1. The molecule has 2 fully saturated rings. The van der Waals surface area contributed by atoms with Gasteiger partial charge in [0.2, 0.25) is 5.91 Å². The Morgan fingerprint density at radius 1 is 1.15 bits per heavy atom. The average molecular weight is 397 g/mol. The topological polar surface area (TPSA) is 198 Å². The third-order valence-corrected chi connectivity index (χ3v) is 5.20. The highest BCUT2D eigenvalue weighted by Crippen LogP contribution is 2.45. The number of hydrogen-bond donors (Lipinski definition) is 8. The highest BCUT2D eigenvalue weighted by atomic mass is 16.7. The number of aliphatic hydroxyl groups is 7. The molecule has 2 saturated heterocycles. The van der Waals surface area contributed by atoms with E-state index in [0.29, 0.717) is 0 Å². The SMILES string of the molecule is CO[C@H]1O[C@H](CO)[C@@H](O)[C@H](O)[C@]1(O)[C@@]1(O)[C@H](O)[C@H](NC(C)=O)CO[C@@H]1CO. The highest BCUT2D eigenvalue weighted by molar-refractivity contribution is 5.73. The largest absolute Gasteiger partial charge is 0.394 e. The third-order valence-electron chi connectivity index (χ3n) is 5.20. The van der Waals surface area contributed by atoms with Crippen molar-refractivity contribution in [2.24, 2.45) is 0 Å². The number of rotatable bonds is 5. The number of aliphatic hydroxyl groups excluding tert-OH is 5. The molecule has 0 aliphatic carbocycles. The average Bonchev–Trinajstić information content (AvgIpc) is 2.63. The Bertz CT molecular complexity index is 532. The van der Waals surface area contributed by atoms with Crippen LogP contribution in [0, 0.1) is 0 Å². The number of methoxy groups -OCH3 is 1. The van der Waals surface area contributed by atoms with Gasteiger partial charge in [-0.3, -0.25) is 4.79 Å². The summed E-state index contributed by atoms with van der Waals surface area (Å²) in [5.41, 5.74) is -5.74. The summed E-state index contributed by atoms with van der Waals surface area (Å²) in [4.78, 5) is 11.4. The standard InChI is InChI=1S/C15H27NO11/c1-6(19)16-7-5-26-9(4-18)14(23,11(7)21)15(24)12(22)10(20)8(3-17)27-13(15)25-2/h7-13,17-18,20-24H,3-5H2,1-2H3,(H,16,19)/t7-,8-,9-,10-,11-,12+,13+,14+,15-/m1/s1. The molecule has 0 aromatic rings. The van der Waals surface area contributed by atoms with Crippen molar-refractivity contribution >= 4 is 5.91 Å². The summed E-state index contributed by atoms with van der Waals surface area (Å²) in [7, 11) is 1.06. The van der Waals surface area contributed by atoms with Gasteiger partial charge in [0.15, 0.2) is 17.5 Å². The maximum absolute atomic E-state index is 11.4. The highest BCUT2D eigenvalue weighted by Gasteiger charge is 2.72. The Morgan fingerprint density at radius 2 is 1.78 bits per heavy atom. The fourth-order valence-electron chi connectivity index (χ4n) is 3.76. The van der Waals surface area contributed by atoms with Crippen LogP contribution in [0.5, 0.6) is 0 Å². The number of ether oxygens (including phenoxy) is 3. The Kier molecular flexibility index (Phi) is 6.80. The summed E-state index contributed by atoms with van der Waals surface area (Å²) in [6, 6.07) is -1.21. The molecule has 2 aliphatic rings. The van der Waals surface area contributed by atoms with Gasteiger partial charge in [0.05, 0.1) is 25.9 Å². The molecule has 0 saturated carbocycles. The van der Waals surface area contributed by atoms with E-state index in [1.165, 1.54) is 0 Å². The number of hydrogen-bond acceptors (Lipinski definition) is 11. The van der Waals surface area contributed by atoms with Crippen LogP contribution in [0.1, 0.15) is 6.92 Å². The lowest BCUT2D eigenvalue weighted by atomic mass is 9.65. The summed E-state index contributed by atoms with van der Waals surface area (Å²) in [5, 5.41) is 75.2. The van der Waals surface area contributed by atoms with Gasteiger partial charge in [-0.05, 0) is 0 Å². The number of amides is 1. The second-order valence-corrected chi connectivity index (χ2v) is 6.77. The molecule has 9 atom stereocenters. The maximum Gasteiger partial charge on any atom is 0.217 e. The molecule has 0 radical (unpaired) electrons. The van der Waals surface area contributed by atoms with Crippen LogP contribution in [0.25, 0.3) is 0 Å². The van der Waals surface area contributed by atoms with Gasteiger partial charge < -0.3 is 55.3 Å². The van der Waals surface area contributed by atoms with Crippen molar-refractivity contribution in [3.63, 3.8) is 0 Å². The first-order valence-corrected chi connectivity index (χ1v) is 8.37. The lowest BCUT2D eigenvalue weighted by Gasteiger charge is -2.59. The van der Waals surface area contributed by atoms with E-state index in [-0.39, 0.29) is 6.61 Å². The summed E-state index contributed by atoms with van der Waals surface area (Å²) in [5.74, 6) is -0.566. The van der Waals surface area contributed by atoms with Crippen LogP contribution in [0.15, 0.2) is 0 Å². The zero-order valence-corrected chi connectivity index (χ0v) is 14.9. The molecule has 12 nitrogen and oxygen atoms in total. The molecule has 8 N–H and O–H groups in total. The molecule has 158 valence electrons. The molecular weight excluding hydrogens is 370 g/mol. The van der Waals surface area contributed by atoms with Crippen LogP contribution in [-0.2, 0) is 19.0 Å². The number of carbonyl (C=O) groups is 1. The fraction of sp³-hybridized carbons (Fsp3) is 0.933. The molecule has 1 amide bonds. The molecule has 0 aromatic heterocycles. The van der Waals surface area contributed by atoms with Gasteiger partial charge in [0.25, 0.3) is 0 Å². The van der Waals surface area contributed by atoms with E-state index < -0.39 is 73.2 Å². The molecule has 27 heavy (non-hydrogen) atoms. The summed E-state index contributed by atoms with van der Waals surface area (Å²) in [6.45, 7) is -0.763. The van der Waals surface area contributed by atoms with E-state index in [2.05, 4.69) is 5.32 Å². The van der Waals surface area contributed by atoms with Crippen molar-refractivity contribution in [2.75, 3.05) is 26.9 Å². The second-order valence-electron chi connectivity index (χ2n) is 6.77. The van der Waals surface area contributed by atoms with Crippen LogP contribution < -0.4 is 5.32 Å². The van der Waals surface area contributed by atoms with Gasteiger partial charge in [-0.25, -0.2) is 0 Å². The Hall–Kier alpha value is -0.930. The monoisotopic (exact) mass is 397 g/mol. The van der Waals surface area contributed by atoms with E-state index in [9.17, 15) is 40.5 Å². The quantitative estimate of drug-likeness (QED) is 0.220. The molecule has 0 aromatic carbocycles. The zero-order valence-electron chi connectivity index (χ0n) is 14.9. The number of nitrogens with one attached hydrogen (secondary N) is 1.